The second-order valence-electron chi connectivity index (χ2n) is 9.18. The molecule has 0 aliphatic carbocycles. The zero-order chi connectivity index (χ0) is 32.5. The molecule has 1 aliphatic rings. The van der Waals surface area contributed by atoms with Crippen molar-refractivity contribution in [1.82, 2.24) is 0 Å². The topological polar surface area (TPSA) is 46.2 Å². The summed E-state index contributed by atoms with van der Waals surface area (Å²) >= 11 is 0. The zero-order valence-electron chi connectivity index (χ0n) is 21.1. The van der Waals surface area contributed by atoms with Gasteiger partial charge in [0.2, 0.25) is 0 Å². The van der Waals surface area contributed by atoms with Crippen molar-refractivity contribution in [3.8, 4) is 0 Å². The van der Waals surface area contributed by atoms with E-state index in [0.717, 1.165) is 6.92 Å². The largest absolute Gasteiger partial charge is 0.416 e. The first-order valence-electron chi connectivity index (χ1n) is 11.1. The summed E-state index contributed by atoms with van der Waals surface area (Å²) in [5, 5.41) is 0. The number of halogens is 16. The monoisotopic (exact) mass is 650 g/mol. The van der Waals surface area contributed by atoms with Crippen molar-refractivity contribution in [2.75, 3.05) is 40.1 Å². The summed E-state index contributed by atoms with van der Waals surface area (Å²) in [6, 6.07) is 0. The van der Waals surface area contributed by atoms with E-state index in [9.17, 15) is 70.2 Å². The first-order chi connectivity index (χ1) is 18.4. The van der Waals surface area contributed by atoms with Crippen LogP contribution in [0, 0.1) is 10.8 Å². The minimum absolute atomic E-state index is 0.127. The van der Waals surface area contributed by atoms with E-state index in [1.807, 2.05) is 0 Å². The summed E-state index contributed by atoms with van der Waals surface area (Å²) in [6.07, 6.45) is -36.1. The van der Waals surface area contributed by atoms with Gasteiger partial charge in [-0.1, -0.05) is 13.3 Å². The molecule has 41 heavy (non-hydrogen) atoms. The molecule has 0 saturated carbocycles. The minimum Gasteiger partial charge on any atom is -0.380 e. The lowest BCUT2D eigenvalue weighted by molar-refractivity contribution is -0.329. The maximum absolute atomic E-state index is 13.1. The molecule has 0 spiro atoms. The Hall–Kier alpha value is -1.32. The number of hydrogen-bond acceptors (Lipinski definition) is 5. The number of alkyl halides is 16. The SMILES string of the molecule is CC(CCCC1(COC(F)(F)C(F)F)COC1)(COC(F)(F)C(F)F)COC(F)(F)C(F)F.COC(F)(F)C(F)F. The van der Waals surface area contributed by atoms with Crippen LogP contribution in [0.2, 0.25) is 0 Å². The Labute approximate surface area is 222 Å². The molecule has 0 atom stereocenters. The molecule has 1 heterocycles. The van der Waals surface area contributed by atoms with E-state index in [0.29, 0.717) is 7.11 Å². The Morgan fingerprint density at radius 3 is 1.27 bits per heavy atom. The molecule has 1 fully saturated rings. The molecule has 0 unspecified atom stereocenters. The van der Waals surface area contributed by atoms with Crippen LogP contribution in [0.5, 0.6) is 0 Å². The molecular formula is C20H26F16O5. The number of rotatable bonds is 18. The van der Waals surface area contributed by atoms with Gasteiger partial charge in [0, 0.05) is 17.9 Å². The summed E-state index contributed by atoms with van der Waals surface area (Å²) in [4.78, 5) is 0. The van der Waals surface area contributed by atoms with E-state index >= 15 is 0 Å². The number of ether oxygens (including phenoxy) is 5. The number of hydrogen-bond donors (Lipinski definition) is 0. The second kappa shape index (κ2) is 15.4. The highest BCUT2D eigenvalue weighted by atomic mass is 19.3. The Kier molecular flexibility index (Phi) is 14.9. The molecule has 0 aromatic rings. The Morgan fingerprint density at radius 2 is 1.00 bits per heavy atom. The van der Waals surface area contributed by atoms with Gasteiger partial charge in [-0.25, -0.2) is 35.1 Å². The smallest absolute Gasteiger partial charge is 0.380 e. The first-order valence-corrected chi connectivity index (χ1v) is 11.1. The van der Waals surface area contributed by atoms with Crippen LogP contribution in [0.4, 0.5) is 70.2 Å². The van der Waals surface area contributed by atoms with Crippen LogP contribution in [-0.4, -0.2) is 90.3 Å². The third kappa shape index (κ3) is 13.2. The maximum Gasteiger partial charge on any atom is 0.416 e. The quantitative estimate of drug-likeness (QED) is 0.146. The lowest BCUT2D eigenvalue weighted by Crippen LogP contribution is -2.49. The van der Waals surface area contributed by atoms with E-state index in [4.69, 9.17) is 4.74 Å². The van der Waals surface area contributed by atoms with Crippen molar-refractivity contribution in [1.29, 1.82) is 0 Å². The van der Waals surface area contributed by atoms with Gasteiger partial charge in [-0.15, -0.1) is 0 Å². The third-order valence-electron chi connectivity index (χ3n) is 5.39. The average Bonchev–Trinajstić information content (AvgIpc) is 2.83. The van der Waals surface area contributed by atoms with Crippen molar-refractivity contribution < 1.29 is 93.9 Å². The molecule has 0 aromatic carbocycles. The molecule has 0 amide bonds. The first kappa shape index (κ1) is 39.7. The molecule has 248 valence electrons. The van der Waals surface area contributed by atoms with Crippen molar-refractivity contribution >= 4 is 0 Å². The molecule has 0 N–H and O–H groups in total. The van der Waals surface area contributed by atoms with Crippen LogP contribution < -0.4 is 0 Å². The Bertz CT molecular complexity index is 725. The number of methoxy groups -OCH3 is 1. The van der Waals surface area contributed by atoms with E-state index in [1.54, 1.807) is 0 Å². The molecule has 0 bridgehead atoms. The lowest BCUT2D eigenvalue weighted by atomic mass is 9.78. The predicted molar refractivity (Wildman–Crippen MR) is 104 cm³/mol. The summed E-state index contributed by atoms with van der Waals surface area (Å²) in [6.45, 7) is -2.96. The highest BCUT2D eigenvalue weighted by molar-refractivity contribution is 4.87. The maximum atomic E-state index is 13.1. The molecular weight excluding hydrogens is 624 g/mol. The third-order valence-corrected chi connectivity index (χ3v) is 5.39. The van der Waals surface area contributed by atoms with Gasteiger partial charge in [-0.2, -0.15) is 35.1 Å². The van der Waals surface area contributed by atoms with E-state index < -0.39 is 87.2 Å². The van der Waals surface area contributed by atoms with Crippen molar-refractivity contribution in [2.24, 2.45) is 10.8 Å². The molecule has 0 radical (unpaired) electrons. The van der Waals surface area contributed by atoms with Gasteiger partial charge in [0.25, 0.3) is 0 Å². The van der Waals surface area contributed by atoms with Crippen LogP contribution in [0.1, 0.15) is 26.2 Å². The summed E-state index contributed by atoms with van der Waals surface area (Å²) in [5.74, 6) is 0. The highest BCUT2D eigenvalue weighted by Gasteiger charge is 2.49. The summed E-state index contributed by atoms with van der Waals surface area (Å²) < 4.78 is 216. The normalized spacial score (nSPS) is 16.8. The van der Waals surface area contributed by atoms with Crippen LogP contribution in [0.25, 0.3) is 0 Å². The van der Waals surface area contributed by atoms with Crippen molar-refractivity contribution in [3.63, 3.8) is 0 Å². The fourth-order valence-electron chi connectivity index (χ4n) is 2.84. The molecule has 0 aromatic heterocycles. The van der Waals surface area contributed by atoms with Gasteiger partial charge in [0.1, 0.15) is 0 Å². The van der Waals surface area contributed by atoms with E-state index in [1.165, 1.54) is 0 Å². The van der Waals surface area contributed by atoms with Gasteiger partial charge in [-0.05, 0) is 12.8 Å². The standard InChI is InChI=1S/C17H22F12O4.C3H4F4O/c1-13(5-31-15(24,25)10(18)19,6-32-16(26,27)11(20)21)3-2-4-14(7-30-8-14)9-33-17(28,29)12(22)23;1-8-3(6,7)2(4)5/h10-12H,2-9H2,1H3;2H,1H3. The van der Waals surface area contributed by atoms with E-state index in [-0.39, 0.29) is 26.1 Å². The van der Waals surface area contributed by atoms with E-state index in [2.05, 4.69) is 18.9 Å². The fourth-order valence-corrected chi connectivity index (χ4v) is 2.84. The molecule has 1 aliphatic heterocycles. The minimum atomic E-state index is -4.97. The van der Waals surface area contributed by atoms with Gasteiger partial charge in [0.05, 0.1) is 33.0 Å². The van der Waals surface area contributed by atoms with Crippen LogP contribution in [0.3, 0.4) is 0 Å². The second-order valence-corrected chi connectivity index (χ2v) is 9.18. The summed E-state index contributed by atoms with van der Waals surface area (Å²) in [7, 11) is 0.520. The van der Waals surface area contributed by atoms with Crippen molar-refractivity contribution in [2.45, 2.75) is 76.3 Å². The van der Waals surface area contributed by atoms with Gasteiger partial charge in [0.15, 0.2) is 0 Å². The molecule has 1 rings (SSSR count). The Morgan fingerprint density at radius 1 is 0.634 bits per heavy atom. The lowest BCUT2D eigenvalue weighted by Gasteiger charge is -2.42. The van der Waals surface area contributed by atoms with Crippen LogP contribution >= 0.6 is 0 Å². The summed E-state index contributed by atoms with van der Waals surface area (Å²) in [5.41, 5.74) is -3.11. The predicted octanol–water partition coefficient (Wildman–Crippen LogP) is 7.29. The zero-order valence-corrected chi connectivity index (χ0v) is 21.1. The fraction of sp³-hybridized carbons (Fsp3) is 1.00. The molecule has 5 nitrogen and oxygen atoms in total. The van der Waals surface area contributed by atoms with Gasteiger partial charge < -0.3 is 23.7 Å². The molecule has 1 saturated heterocycles. The molecule has 21 heteroatoms. The van der Waals surface area contributed by atoms with Crippen LogP contribution in [-0.2, 0) is 23.7 Å². The Balaban J connectivity index is 0.00000173. The van der Waals surface area contributed by atoms with Crippen molar-refractivity contribution in [3.05, 3.63) is 0 Å². The van der Waals surface area contributed by atoms with Gasteiger partial charge in [-0.3, -0.25) is 0 Å². The average molecular weight is 650 g/mol. The van der Waals surface area contributed by atoms with Crippen LogP contribution in [0.15, 0.2) is 0 Å². The highest BCUT2D eigenvalue weighted by Crippen LogP contribution is 2.40. The van der Waals surface area contributed by atoms with Gasteiger partial charge >= 0.3 is 50.1 Å².